The minimum Gasteiger partial charge on any atom is -0.346 e. The lowest BCUT2D eigenvalue weighted by atomic mass is 10.1. The maximum absolute atomic E-state index is 10.5. The number of hydrogen-bond acceptors (Lipinski definition) is 3. The van der Waals surface area contributed by atoms with Gasteiger partial charge in [-0.3, -0.25) is 0 Å². The maximum Gasteiger partial charge on any atom is 0.178 e. The molecule has 1 rings (SSSR count). The van der Waals surface area contributed by atoms with Gasteiger partial charge in [-0.2, -0.15) is 0 Å². The molecule has 0 saturated carbocycles. The number of hydrogen-bond donors (Lipinski definition) is 0. The van der Waals surface area contributed by atoms with E-state index in [0.717, 1.165) is 11.9 Å². The second-order valence-electron chi connectivity index (χ2n) is 3.58. The van der Waals surface area contributed by atoms with Crippen molar-refractivity contribution in [3.8, 4) is 0 Å². The molecule has 0 amide bonds. The SMILES string of the molecule is CC1=CC(OC(C)C)OC(C=O)C1. The number of carbonyl (C=O) groups excluding carboxylic acids is 1. The summed E-state index contributed by atoms with van der Waals surface area (Å²) in [5, 5.41) is 0. The zero-order valence-corrected chi connectivity index (χ0v) is 8.32. The third-order valence-electron chi connectivity index (χ3n) is 1.81. The lowest BCUT2D eigenvalue weighted by molar-refractivity contribution is -0.169. The molecule has 1 aliphatic heterocycles. The average molecular weight is 184 g/mol. The molecule has 0 saturated heterocycles. The summed E-state index contributed by atoms with van der Waals surface area (Å²) in [6, 6.07) is 0. The zero-order valence-electron chi connectivity index (χ0n) is 8.32. The van der Waals surface area contributed by atoms with Crippen molar-refractivity contribution in [3.63, 3.8) is 0 Å². The van der Waals surface area contributed by atoms with Crippen LogP contribution in [0, 0.1) is 0 Å². The lowest BCUT2D eigenvalue weighted by Crippen LogP contribution is -2.30. The molecule has 0 spiro atoms. The molecule has 0 fully saturated rings. The Bertz CT molecular complexity index is 208. The summed E-state index contributed by atoms with van der Waals surface area (Å²) in [6.07, 6.45) is 2.84. The molecule has 74 valence electrons. The van der Waals surface area contributed by atoms with Crippen LogP contribution in [0.4, 0.5) is 0 Å². The summed E-state index contributed by atoms with van der Waals surface area (Å²) >= 11 is 0. The standard InChI is InChI=1S/C10H16O3/c1-7(2)12-10-5-8(3)4-9(6-11)13-10/h5-7,9-10H,4H2,1-3H3. The summed E-state index contributed by atoms with van der Waals surface area (Å²) in [7, 11) is 0. The minimum absolute atomic E-state index is 0.111. The van der Waals surface area contributed by atoms with Crippen LogP contribution in [0.3, 0.4) is 0 Å². The molecule has 3 nitrogen and oxygen atoms in total. The molecule has 0 radical (unpaired) electrons. The Hall–Kier alpha value is -0.670. The van der Waals surface area contributed by atoms with Crippen molar-refractivity contribution in [2.24, 2.45) is 0 Å². The summed E-state index contributed by atoms with van der Waals surface area (Å²) in [5.41, 5.74) is 1.15. The first-order chi connectivity index (χ1) is 6.11. The molecular weight excluding hydrogens is 168 g/mol. The van der Waals surface area contributed by atoms with Crippen molar-refractivity contribution in [3.05, 3.63) is 11.6 Å². The summed E-state index contributed by atoms with van der Waals surface area (Å²) in [6.45, 7) is 5.86. The third-order valence-corrected chi connectivity index (χ3v) is 1.81. The molecule has 2 unspecified atom stereocenters. The van der Waals surface area contributed by atoms with Gasteiger partial charge in [0.05, 0.1) is 6.10 Å². The second-order valence-corrected chi connectivity index (χ2v) is 3.58. The molecule has 0 aliphatic carbocycles. The highest BCUT2D eigenvalue weighted by Gasteiger charge is 2.21. The van der Waals surface area contributed by atoms with E-state index in [-0.39, 0.29) is 18.5 Å². The summed E-state index contributed by atoms with van der Waals surface area (Å²) in [5.74, 6) is 0. The Morgan fingerprint density at radius 1 is 1.69 bits per heavy atom. The van der Waals surface area contributed by atoms with Crippen molar-refractivity contribution >= 4 is 6.29 Å². The molecule has 13 heavy (non-hydrogen) atoms. The van der Waals surface area contributed by atoms with Crippen molar-refractivity contribution in [2.45, 2.75) is 45.7 Å². The highest BCUT2D eigenvalue weighted by Crippen LogP contribution is 2.18. The van der Waals surface area contributed by atoms with E-state index in [9.17, 15) is 4.79 Å². The van der Waals surface area contributed by atoms with Crippen LogP contribution in [-0.2, 0) is 14.3 Å². The van der Waals surface area contributed by atoms with Crippen LogP contribution in [0.1, 0.15) is 27.2 Å². The van der Waals surface area contributed by atoms with Gasteiger partial charge in [-0.05, 0) is 26.8 Å². The highest BCUT2D eigenvalue weighted by molar-refractivity contribution is 5.57. The molecule has 1 heterocycles. The van der Waals surface area contributed by atoms with Crippen molar-refractivity contribution in [1.29, 1.82) is 0 Å². The molecule has 2 atom stereocenters. The van der Waals surface area contributed by atoms with Crippen LogP contribution >= 0.6 is 0 Å². The Morgan fingerprint density at radius 3 is 2.92 bits per heavy atom. The van der Waals surface area contributed by atoms with E-state index in [1.54, 1.807) is 0 Å². The monoisotopic (exact) mass is 184 g/mol. The van der Waals surface area contributed by atoms with Crippen LogP contribution in [-0.4, -0.2) is 24.8 Å². The van der Waals surface area contributed by atoms with Gasteiger partial charge in [0.15, 0.2) is 6.29 Å². The van der Waals surface area contributed by atoms with E-state index in [1.807, 2.05) is 26.8 Å². The van der Waals surface area contributed by atoms with Crippen LogP contribution in [0.15, 0.2) is 11.6 Å². The van der Waals surface area contributed by atoms with Gasteiger partial charge >= 0.3 is 0 Å². The van der Waals surface area contributed by atoms with Gasteiger partial charge in [0.1, 0.15) is 12.4 Å². The highest BCUT2D eigenvalue weighted by atomic mass is 16.7. The van der Waals surface area contributed by atoms with Crippen LogP contribution in [0.5, 0.6) is 0 Å². The van der Waals surface area contributed by atoms with E-state index in [4.69, 9.17) is 9.47 Å². The summed E-state index contributed by atoms with van der Waals surface area (Å²) in [4.78, 5) is 10.5. The van der Waals surface area contributed by atoms with E-state index < -0.39 is 0 Å². The molecule has 0 aromatic heterocycles. The predicted molar refractivity (Wildman–Crippen MR) is 49.3 cm³/mol. The van der Waals surface area contributed by atoms with Gasteiger partial charge in [0.25, 0.3) is 0 Å². The van der Waals surface area contributed by atoms with Gasteiger partial charge in [-0.25, -0.2) is 0 Å². The molecule has 0 aromatic carbocycles. The predicted octanol–water partition coefficient (Wildman–Crippen LogP) is 1.67. The van der Waals surface area contributed by atoms with Crippen LogP contribution < -0.4 is 0 Å². The number of carbonyl (C=O) groups is 1. The molecule has 0 aromatic rings. The Labute approximate surface area is 78.7 Å². The van der Waals surface area contributed by atoms with Gasteiger partial charge in [-0.15, -0.1) is 0 Å². The second kappa shape index (κ2) is 4.53. The van der Waals surface area contributed by atoms with Gasteiger partial charge in [0.2, 0.25) is 0 Å². The van der Waals surface area contributed by atoms with Crippen LogP contribution in [0.25, 0.3) is 0 Å². The largest absolute Gasteiger partial charge is 0.346 e. The fraction of sp³-hybridized carbons (Fsp3) is 0.700. The topological polar surface area (TPSA) is 35.5 Å². The molecular formula is C10H16O3. The summed E-state index contributed by atoms with van der Waals surface area (Å²) < 4.78 is 10.8. The van der Waals surface area contributed by atoms with Gasteiger partial charge in [-0.1, -0.05) is 5.57 Å². The van der Waals surface area contributed by atoms with E-state index >= 15 is 0 Å². The number of aldehydes is 1. The van der Waals surface area contributed by atoms with Gasteiger partial charge in [0, 0.05) is 6.42 Å². The van der Waals surface area contributed by atoms with E-state index in [2.05, 4.69) is 0 Å². The van der Waals surface area contributed by atoms with E-state index in [0.29, 0.717) is 6.42 Å². The Morgan fingerprint density at radius 2 is 2.38 bits per heavy atom. The van der Waals surface area contributed by atoms with Gasteiger partial charge < -0.3 is 14.3 Å². The first kappa shape index (κ1) is 10.4. The van der Waals surface area contributed by atoms with Crippen molar-refractivity contribution in [1.82, 2.24) is 0 Å². The molecule has 0 N–H and O–H groups in total. The minimum atomic E-state index is -0.357. The van der Waals surface area contributed by atoms with Crippen molar-refractivity contribution < 1.29 is 14.3 Å². The fourth-order valence-electron chi connectivity index (χ4n) is 1.30. The maximum atomic E-state index is 10.5. The number of ether oxygens (including phenoxy) is 2. The normalized spacial score (nSPS) is 28.8. The Kier molecular flexibility index (Phi) is 3.63. The molecule has 1 aliphatic rings. The molecule has 3 heteroatoms. The fourth-order valence-corrected chi connectivity index (χ4v) is 1.30. The van der Waals surface area contributed by atoms with Crippen LogP contribution in [0.2, 0.25) is 0 Å². The zero-order chi connectivity index (χ0) is 9.84. The number of rotatable bonds is 3. The smallest absolute Gasteiger partial charge is 0.178 e. The molecule has 0 bridgehead atoms. The third kappa shape index (κ3) is 3.28. The average Bonchev–Trinajstić information content (AvgIpc) is 2.01. The van der Waals surface area contributed by atoms with E-state index in [1.165, 1.54) is 0 Å². The van der Waals surface area contributed by atoms with Crippen molar-refractivity contribution in [2.75, 3.05) is 0 Å². The first-order valence-corrected chi connectivity index (χ1v) is 4.55. The first-order valence-electron chi connectivity index (χ1n) is 4.55. The Balaban J connectivity index is 2.55. The quantitative estimate of drug-likeness (QED) is 0.494. The lowest BCUT2D eigenvalue weighted by Gasteiger charge is -2.26.